The zero-order valence-corrected chi connectivity index (χ0v) is 11.0. The summed E-state index contributed by atoms with van der Waals surface area (Å²) in [6, 6.07) is 6.49. The third-order valence-corrected chi connectivity index (χ3v) is 3.07. The van der Waals surface area contributed by atoms with Crippen molar-refractivity contribution in [3.05, 3.63) is 52.0 Å². The molecular weight excluding hydrogens is 285 g/mol. The molecule has 2 aromatic rings. The number of hydrogen-bond acceptors (Lipinski definition) is 2. The quantitative estimate of drug-likeness (QED) is 0.946. The Balaban J connectivity index is 2.18. The summed E-state index contributed by atoms with van der Waals surface area (Å²) in [5.41, 5.74) is 7.88. The number of hydrogen-bond donors (Lipinski definition) is 1. The monoisotopic (exact) mass is 297 g/mol. The Morgan fingerprint density at radius 1 is 1.47 bits per heavy atom. The average molecular weight is 298 g/mol. The summed E-state index contributed by atoms with van der Waals surface area (Å²) in [6.45, 7) is 0. The molecule has 0 saturated carbocycles. The van der Waals surface area contributed by atoms with E-state index in [9.17, 15) is 4.39 Å². The van der Waals surface area contributed by atoms with Crippen LogP contribution in [0.15, 0.2) is 34.9 Å². The molecule has 0 radical (unpaired) electrons. The van der Waals surface area contributed by atoms with E-state index in [2.05, 4.69) is 21.0 Å². The second kappa shape index (κ2) is 4.98. The Labute approximate surface area is 108 Å². The molecule has 1 unspecified atom stereocenters. The average Bonchev–Trinajstić information content (AvgIpc) is 2.62. The first-order valence-electron chi connectivity index (χ1n) is 5.24. The molecule has 0 aliphatic carbocycles. The van der Waals surface area contributed by atoms with Crippen LogP contribution >= 0.6 is 15.9 Å². The number of rotatable bonds is 3. The topological polar surface area (TPSA) is 43.8 Å². The van der Waals surface area contributed by atoms with E-state index in [1.807, 2.05) is 19.2 Å². The van der Waals surface area contributed by atoms with Gasteiger partial charge in [0, 0.05) is 17.7 Å². The van der Waals surface area contributed by atoms with E-state index in [-0.39, 0.29) is 11.9 Å². The van der Waals surface area contributed by atoms with E-state index in [0.717, 1.165) is 15.7 Å². The van der Waals surface area contributed by atoms with E-state index in [4.69, 9.17) is 5.73 Å². The largest absolute Gasteiger partial charge is 0.322 e. The number of halogens is 2. The van der Waals surface area contributed by atoms with Gasteiger partial charge in [-0.3, -0.25) is 4.68 Å². The molecule has 0 saturated heterocycles. The van der Waals surface area contributed by atoms with E-state index in [0.29, 0.717) is 6.42 Å². The van der Waals surface area contributed by atoms with Crippen LogP contribution in [-0.4, -0.2) is 9.78 Å². The van der Waals surface area contributed by atoms with Crippen molar-refractivity contribution in [1.82, 2.24) is 9.78 Å². The van der Waals surface area contributed by atoms with Crippen molar-refractivity contribution in [2.24, 2.45) is 12.8 Å². The van der Waals surface area contributed by atoms with Crippen molar-refractivity contribution < 1.29 is 4.39 Å². The van der Waals surface area contributed by atoms with Gasteiger partial charge in [-0.25, -0.2) is 4.39 Å². The van der Waals surface area contributed by atoms with Crippen molar-refractivity contribution in [2.75, 3.05) is 0 Å². The molecule has 0 aliphatic heterocycles. The maximum absolute atomic E-state index is 13.2. The second-order valence-corrected chi connectivity index (χ2v) is 4.88. The lowest BCUT2D eigenvalue weighted by Crippen LogP contribution is -2.17. The van der Waals surface area contributed by atoms with Gasteiger partial charge < -0.3 is 5.73 Å². The molecule has 1 aromatic heterocycles. The van der Waals surface area contributed by atoms with Crippen LogP contribution in [0.4, 0.5) is 4.39 Å². The van der Waals surface area contributed by atoms with Gasteiger partial charge in [0.25, 0.3) is 0 Å². The first kappa shape index (κ1) is 12.3. The standard InChI is InChI=1S/C12H13BrFN3/c1-17-12(2-3-16-17)11(15)6-8-4-9(13)7-10(14)5-8/h2-5,7,11H,6,15H2,1H3. The number of aryl methyl sites for hydroxylation is 1. The molecule has 1 heterocycles. The molecule has 0 aliphatic rings. The summed E-state index contributed by atoms with van der Waals surface area (Å²) in [5, 5.41) is 4.07. The molecule has 2 rings (SSSR count). The minimum absolute atomic E-state index is 0.184. The van der Waals surface area contributed by atoms with E-state index in [1.54, 1.807) is 10.9 Å². The smallest absolute Gasteiger partial charge is 0.124 e. The maximum atomic E-state index is 13.2. The Bertz CT molecular complexity index is 504. The summed E-state index contributed by atoms with van der Waals surface area (Å²) < 4.78 is 15.7. The molecule has 1 aromatic carbocycles. The van der Waals surface area contributed by atoms with Crippen LogP contribution in [0.3, 0.4) is 0 Å². The van der Waals surface area contributed by atoms with Crippen LogP contribution in [0.25, 0.3) is 0 Å². The third-order valence-electron chi connectivity index (χ3n) is 2.62. The molecule has 3 nitrogen and oxygen atoms in total. The SMILES string of the molecule is Cn1nccc1C(N)Cc1cc(F)cc(Br)c1. The number of aromatic nitrogens is 2. The molecule has 90 valence electrons. The zero-order valence-electron chi connectivity index (χ0n) is 9.40. The Morgan fingerprint density at radius 2 is 2.24 bits per heavy atom. The highest BCUT2D eigenvalue weighted by Crippen LogP contribution is 2.20. The predicted molar refractivity (Wildman–Crippen MR) is 67.9 cm³/mol. The van der Waals surface area contributed by atoms with Gasteiger partial charge in [-0.2, -0.15) is 5.10 Å². The maximum Gasteiger partial charge on any atom is 0.124 e. The van der Waals surface area contributed by atoms with E-state index >= 15 is 0 Å². The van der Waals surface area contributed by atoms with Crippen LogP contribution in [0.5, 0.6) is 0 Å². The molecule has 0 fully saturated rings. The van der Waals surface area contributed by atoms with Gasteiger partial charge in [0.2, 0.25) is 0 Å². The summed E-state index contributed by atoms with van der Waals surface area (Å²) in [7, 11) is 1.84. The van der Waals surface area contributed by atoms with Crippen molar-refractivity contribution in [2.45, 2.75) is 12.5 Å². The summed E-state index contributed by atoms with van der Waals surface area (Å²) >= 11 is 3.27. The molecule has 2 N–H and O–H groups in total. The molecule has 0 amide bonds. The number of benzene rings is 1. The Kier molecular flexibility index (Phi) is 3.59. The Morgan fingerprint density at radius 3 is 2.82 bits per heavy atom. The highest BCUT2D eigenvalue weighted by Gasteiger charge is 2.11. The fourth-order valence-electron chi connectivity index (χ4n) is 1.84. The molecule has 17 heavy (non-hydrogen) atoms. The van der Waals surface area contributed by atoms with Crippen molar-refractivity contribution >= 4 is 15.9 Å². The van der Waals surface area contributed by atoms with Gasteiger partial charge in [0.15, 0.2) is 0 Å². The minimum atomic E-state index is -0.258. The normalized spacial score (nSPS) is 12.7. The van der Waals surface area contributed by atoms with Crippen molar-refractivity contribution in [1.29, 1.82) is 0 Å². The van der Waals surface area contributed by atoms with Crippen LogP contribution in [0.2, 0.25) is 0 Å². The fourth-order valence-corrected chi connectivity index (χ4v) is 2.35. The van der Waals surface area contributed by atoms with Crippen molar-refractivity contribution in [3.63, 3.8) is 0 Å². The molecule has 5 heteroatoms. The second-order valence-electron chi connectivity index (χ2n) is 3.97. The van der Waals surface area contributed by atoms with Crippen molar-refractivity contribution in [3.8, 4) is 0 Å². The zero-order chi connectivity index (χ0) is 12.4. The van der Waals surface area contributed by atoms with Crippen LogP contribution in [0, 0.1) is 5.82 Å². The van der Waals surface area contributed by atoms with Gasteiger partial charge >= 0.3 is 0 Å². The summed E-state index contributed by atoms with van der Waals surface area (Å²) in [5.74, 6) is -0.258. The molecular formula is C12H13BrFN3. The molecule has 1 atom stereocenters. The van der Waals surface area contributed by atoms with Crippen LogP contribution < -0.4 is 5.73 Å². The minimum Gasteiger partial charge on any atom is -0.322 e. The van der Waals surface area contributed by atoms with Gasteiger partial charge in [-0.1, -0.05) is 15.9 Å². The molecule has 0 spiro atoms. The lowest BCUT2D eigenvalue weighted by atomic mass is 10.0. The summed E-state index contributed by atoms with van der Waals surface area (Å²) in [4.78, 5) is 0. The number of nitrogens with two attached hydrogens (primary N) is 1. The highest BCUT2D eigenvalue weighted by atomic mass is 79.9. The lowest BCUT2D eigenvalue weighted by molar-refractivity contribution is 0.604. The number of nitrogens with zero attached hydrogens (tertiary/aromatic N) is 2. The van der Waals surface area contributed by atoms with Gasteiger partial charge in [-0.05, 0) is 36.2 Å². The highest BCUT2D eigenvalue weighted by molar-refractivity contribution is 9.10. The Hall–Kier alpha value is -1.20. The first-order chi connectivity index (χ1) is 8.06. The van der Waals surface area contributed by atoms with E-state index < -0.39 is 0 Å². The fraction of sp³-hybridized carbons (Fsp3) is 0.250. The predicted octanol–water partition coefficient (Wildman–Crippen LogP) is 2.56. The lowest BCUT2D eigenvalue weighted by Gasteiger charge is -2.12. The molecule has 0 bridgehead atoms. The van der Waals surface area contributed by atoms with Crippen LogP contribution in [0.1, 0.15) is 17.3 Å². The van der Waals surface area contributed by atoms with Gasteiger partial charge in [0.1, 0.15) is 5.82 Å². The van der Waals surface area contributed by atoms with Gasteiger partial charge in [-0.15, -0.1) is 0 Å². The summed E-state index contributed by atoms with van der Waals surface area (Å²) in [6.07, 6.45) is 2.28. The third kappa shape index (κ3) is 2.92. The van der Waals surface area contributed by atoms with Crippen LogP contribution in [-0.2, 0) is 13.5 Å². The first-order valence-corrected chi connectivity index (χ1v) is 6.04. The van der Waals surface area contributed by atoms with Gasteiger partial charge in [0.05, 0.1) is 11.7 Å². The van der Waals surface area contributed by atoms with E-state index in [1.165, 1.54) is 12.1 Å².